The molecular formula is C17H19N3O2. The van der Waals surface area contributed by atoms with Gasteiger partial charge in [-0.1, -0.05) is 35.9 Å². The standard InChI is InChI=1S/C17H19N3O2/c1-12-6-8-13(9-7-12)10-16(21)19-14-4-3-5-15(11-14)20-17(22)18-2/h3-9,11H,10H2,1-2H3,(H,19,21)(H2,18,20,22). The number of carbonyl (C=O) groups is 2. The molecule has 0 unspecified atom stereocenters. The molecule has 0 aromatic heterocycles. The van der Waals surface area contributed by atoms with Crippen LogP contribution < -0.4 is 16.0 Å². The Morgan fingerprint density at radius 2 is 1.59 bits per heavy atom. The van der Waals surface area contributed by atoms with E-state index in [2.05, 4.69) is 16.0 Å². The number of aryl methyl sites for hydroxylation is 1. The van der Waals surface area contributed by atoms with Gasteiger partial charge in [0.05, 0.1) is 6.42 Å². The molecular weight excluding hydrogens is 278 g/mol. The summed E-state index contributed by atoms with van der Waals surface area (Å²) >= 11 is 0. The van der Waals surface area contributed by atoms with Gasteiger partial charge in [-0.2, -0.15) is 0 Å². The fourth-order valence-corrected chi connectivity index (χ4v) is 1.96. The van der Waals surface area contributed by atoms with Crippen molar-refractivity contribution in [1.82, 2.24) is 5.32 Å². The van der Waals surface area contributed by atoms with Crippen LogP contribution in [0.15, 0.2) is 48.5 Å². The Balaban J connectivity index is 1.97. The lowest BCUT2D eigenvalue weighted by molar-refractivity contribution is -0.115. The van der Waals surface area contributed by atoms with Crippen molar-refractivity contribution in [3.8, 4) is 0 Å². The first-order valence-corrected chi connectivity index (χ1v) is 7.01. The van der Waals surface area contributed by atoms with E-state index in [-0.39, 0.29) is 11.9 Å². The molecule has 0 radical (unpaired) electrons. The summed E-state index contributed by atoms with van der Waals surface area (Å²) in [7, 11) is 1.54. The van der Waals surface area contributed by atoms with E-state index in [0.717, 1.165) is 11.1 Å². The van der Waals surface area contributed by atoms with Crippen molar-refractivity contribution in [1.29, 1.82) is 0 Å². The summed E-state index contributed by atoms with van der Waals surface area (Å²) in [6.45, 7) is 2.01. The van der Waals surface area contributed by atoms with E-state index in [1.54, 1.807) is 31.3 Å². The van der Waals surface area contributed by atoms with Crippen molar-refractivity contribution < 1.29 is 9.59 Å². The molecule has 5 nitrogen and oxygen atoms in total. The smallest absolute Gasteiger partial charge is 0.318 e. The second kappa shape index (κ2) is 7.26. The molecule has 0 aliphatic rings. The maximum atomic E-state index is 12.0. The average molecular weight is 297 g/mol. The number of carbonyl (C=O) groups excluding carboxylic acids is 2. The molecule has 0 fully saturated rings. The van der Waals surface area contributed by atoms with Gasteiger partial charge in [0.2, 0.25) is 5.91 Å². The van der Waals surface area contributed by atoms with Gasteiger partial charge in [0.1, 0.15) is 0 Å². The molecule has 5 heteroatoms. The van der Waals surface area contributed by atoms with Gasteiger partial charge in [-0.15, -0.1) is 0 Å². The third kappa shape index (κ3) is 4.63. The SMILES string of the molecule is CNC(=O)Nc1cccc(NC(=O)Cc2ccc(C)cc2)c1. The highest BCUT2D eigenvalue weighted by atomic mass is 16.2. The molecule has 0 saturated carbocycles. The number of amides is 3. The first-order chi connectivity index (χ1) is 10.6. The molecule has 0 bridgehead atoms. The van der Waals surface area contributed by atoms with Crippen molar-refractivity contribution in [3.63, 3.8) is 0 Å². The molecule has 2 aromatic carbocycles. The lowest BCUT2D eigenvalue weighted by Crippen LogP contribution is -2.24. The Kier molecular flexibility index (Phi) is 5.14. The van der Waals surface area contributed by atoms with Crippen molar-refractivity contribution in [2.75, 3.05) is 17.7 Å². The lowest BCUT2D eigenvalue weighted by atomic mass is 10.1. The maximum Gasteiger partial charge on any atom is 0.318 e. The zero-order valence-corrected chi connectivity index (χ0v) is 12.6. The third-order valence-corrected chi connectivity index (χ3v) is 3.12. The topological polar surface area (TPSA) is 70.2 Å². The summed E-state index contributed by atoms with van der Waals surface area (Å²) in [6, 6.07) is 14.6. The zero-order valence-electron chi connectivity index (χ0n) is 12.6. The normalized spacial score (nSPS) is 9.91. The van der Waals surface area contributed by atoms with Gasteiger partial charge in [-0.25, -0.2) is 4.79 Å². The first kappa shape index (κ1) is 15.6. The van der Waals surface area contributed by atoms with Gasteiger partial charge in [0.15, 0.2) is 0 Å². The lowest BCUT2D eigenvalue weighted by Gasteiger charge is -2.09. The molecule has 0 spiro atoms. The minimum atomic E-state index is -0.303. The Labute approximate surface area is 129 Å². The minimum absolute atomic E-state index is 0.0963. The van der Waals surface area contributed by atoms with Gasteiger partial charge < -0.3 is 16.0 Å². The van der Waals surface area contributed by atoms with Gasteiger partial charge in [-0.3, -0.25) is 4.79 Å². The van der Waals surface area contributed by atoms with Crippen LogP contribution in [0.4, 0.5) is 16.2 Å². The van der Waals surface area contributed by atoms with Crippen LogP contribution in [0.1, 0.15) is 11.1 Å². The molecule has 0 heterocycles. The van der Waals surface area contributed by atoms with Gasteiger partial charge in [0, 0.05) is 18.4 Å². The van der Waals surface area contributed by atoms with Crippen molar-refractivity contribution in [3.05, 3.63) is 59.7 Å². The van der Waals surface area contributed by atoms with E-state index in [1.807, 2.05) is 31.2 Å². The van der Waals surface area contributed by atoms with Crippen molar-refractivity contribution in [2.45, 2.75) is 13.3 Å². The Morgan fingerprint density at radius 3 is 2.23 bits per heavy atom. The molecule has 22 heavy (non-hydrogen) atoms. The fraction of sp³-hybridized carbons (Fsp3) is 0.176. The third-order valence-electron chi connectivity index (χ3n) is 3.12. The van der Waals surface area contributed by atoms with Gasteiger partial charge in [0.25, 0.3) is 0 Å². The molecule has 114 valence electrons. The number of hydrogen-bond acceptors (Lipinski definition) is 2. The van der Waals surface area contributed by atoms with Gasteiger partial charge in [-0.05, 0) is 30.7 Å². The Hall–Kier alpha value is -2.82. The van der Waals surface area contributed by atoms with Crippen LogP contribution in [0.3, 0.4) is 0 Å². The quantitative estimate of drug-likeness (QED) is 0.812. The number of hydrogen-bond donors (Lipinski definition) is 3. The van der Waals surface area contributed by atoms with E-state index in [4.69, 9.17) is 0 Å². The summed E-state index contributed by atoms with van der Waals surface area (Å²) < 4.78 is 0. The molecule has 0 aliphatic carbocycles. The van der Waals surface area contributed by atoms with Crippen LogP contribution in [0.25, 0.3) is 0 Å². The summed E-state index contributed by atoms with van der Waals surface area (Å²) in [4.78, 5) is 23.3. The van der Waals surface area contributed by atoms with Crippen molar-refractivity contribution >= 4 is 23.3 Å². The molecule has 0 saturated heterocycles. The van der Waals surface area contributed by atoms with Crippen molar-refractivity contribution in [2.24, 2.45) is 0 Å². The molecule has 0 aliphatic heterocycles. The largest absolute Gasteiger partial charge is 0.341 e. The van der Waals surface area contributed by atoms with Crippen LogP contribution in [0.5, 0.6) is 0 Å². The molecule has 2 rings (SSSR count). The highest BCUT2D eigenvalue weighted by Gasteiger charge is 2.05. The minimum Gasteiger partial charge on any atom is -0.341 e. The highest BCUT2D eigenvalue weighted by molar-refractivity contribution is 5.94. The Morgan fingerprint density at radius 1 is 0.955 bits per heavy atom. The number of rotatable bonds is 4. The Bertz CT molecular complexity index is 666. The predicted octanol–water partition coefficient (Wildman–Crippen LogP) is 2.93. The van der Waals surface area contributed by atoms with E-state index in [0.29, 0.717) is 17.8 Å². The number of urea groups is 1. The molecule has 3 N–H and O–H groups in total. The summed E-state index contributed by atoms with van der Waals surface area (Å²) in [5.41, 5.74) is 3.39. The summed E-state index contributed by atoms with van der Waals surface area (Å²) in [6.07, 6.45) is 0.313. The van der Waals surface area contributed by atoms with E-state index in [9.17, 15) is 9.59 Å². The van der Waals surface area contributed by atoms with Crippen LogP contribution in [-0.2, 0) is 11.2 Å². The average Bonchev–Trinajstić information content (AvgIpc) is 2.49. The van der Waals surface area contributed by atoms with Crippen LogP contribution >= 0.6 is 0 Å². The summed E-state index contributed by atoms with van der Waals surface area (Å²) in [5, 5.41) is 7.96. The second-order valence-corrected chi connectivity index (χ2v) is 5.00. The zero-order chi connectivity index (χ0) is 15.9. The number of benzene rings is 2. The van der Waals surface area contributed by atoms with E-state index in [1.165, 1.54) is 0 Å². The number of anilines is 2. The fourth-order valence-electron chi connectivity index (χ4n) is 1.96. The van der Waals surface area contributed by atoms with Crippen LogP contribution in [-0.4, -0.2) is 19.0 Å². The maximum absolute atomic E-state index is 12.0. The van der Waals surface area contributed by atoms with E-state index < -0.39 is 0 Å². The van der Waals surface area contributed by atoms with Crippen LogP contribution in [0, 0.1) is 6.92 Å². The predicted molar refractivity (Wildman–Crippen MR) is 88.0 cm³/mol. The van der Waals surface area contributed by atoms with Gasteiger partial charge >= 0.3 is 6.03 Å². The molecule has 2 aromatic rings. The highest BCUT2D eigenvalue weighted by Crippen LogP contribution is 2.15. The molecule has 0 atom stereocenters. The molecule has 3 amide bonds. The first-order valence-electron chi connectivity index (χ1n) is 7.01. The number of nitrogens with one attached hydrogen (secondary N) is 3. The monoisotopic (exact) mass is 297 g/mol. The van der Waals surface area contributed by atoms with E-state index >= 15 is 0 Å². The van der Waals surface area contributed by atoms with Crippen LogP contribution in [0.2, 0.25) is 0 Å². The second-order valence-electron chi connectivity index (χ2n) is 5.00. The summed E-state index contributed by atoms with van der Waals surface area (Å²) in [5.74, 6) is -0.0963.